The third-order valence-electron chi connectivity index (χ3n) is 2.19. The van der Waals surface area contributed by atoms with Gasteiger partial charge in [0.25, 0.3) is 0 Å². The summed E-state index contributed by atoms with van der Waals surface area (Å²) in [5.74, 6) is 0. The van der Waals surface area contributed by atoms with Gasteiger partial charge in [-0.1, -0.05) is 0 Å². The Bertz CT molecular complexity index is 319. The van der Waals surface area contributed by atoms with Crippen molar-refractivity contribution in [2.24, 2.45) is 5.16 Å². The summed E-state index contributed by atoms with van der Waals surface area (Å²) in [6.07, 6.45) is 2.64. The molecular formula is C12H17NOTe. The van der Waals surface area contributed by atoms with Crippen LogP contribution < -0.4 is 3.61 Å². The predicted molar refractivity (Wildman–Crippen MR) is 65.5 cm³/mol. The molecule has 0 saturated carbocycles. The van der Waals surface area contributed by atoms with Crippen molar-refractivity contribution in [3.63, 3.8) is 0 Å². The molecule has 0 aliphatic carbocycles. The molecule has 1 aromatic carbocycles. The van der Waals surface area contributed by atoms with E-state index in [-0.39, 0.29) is 20.9 Å². The zero-order valence-corrected chi connectivity index (χ0v) is 11.6. The van der Waals surface area contributed by atoms with Crippen LogP contribution in [0.15, 0.2) is 29.4 Å². The number of benzene rings is 1. The van der Waals surface area contributed by atoms with Crippen molar-refractivity contribution in [1.29, 1.82) is 0 Å². The number of rotatable bonds is 5. The summed E-state index contributed by atoms with van der Waals surface area (Å²) in [6.45, 7) is 4.04. The topological polar surface area (TPSA) is 32.6 Å². The second-order valence-electron chi connectivity index (χ2n) is 3.41. The van der Waals surface area contributed by atoms with Crippen LogP contribution in [0.5, 0.6) is 0 Å². The Hall–Kier alpha value is -0.520. The standard InChI is InChI=1S/C12H17NOTe/c1-3-4-9-15-12-7-5-11(6-8-12)10(2)13-14/h5-8,14H,3-4,9H2,1-2H3/b13-10+. The first-order valence-corrected chi connectivity index (χ1v) is 8.01. The van der Waals surface area contributed by atoms with Gasteiger partial charge in [0.1, 0.15) is 0 Å². The third kappa shape index (κ3) is 4.24. The molecule has 0 fully saturated rings. The molecule has 0 aliphatic rings. The van der Waals surface area contributed by atoms with Gasteiger partial charge in [-0.05, 0) is 0 Å². The average Bonchev–Trinajstić information content (AvgIpc) is 2.29. The molecule has 1 N–H and O–H groups in total. The Labute approximate surface area is 101 Å². The van der Waals surface area contributed by atoms with Crippen LogP contribution in [0, 0.1) is 0 Å². The van der Waals surface area contributed by atoms with Crippen LogP contribution in [0.3, 0.4) is 0 Å². The molecule has 2 nitrogen and oxygen atoms in total. The van der Waals surface area contributed by atoms with Gasteiger partial charge in [-0.3, -0.25) is 0 Å². The molecule has 0 atom stereocenters. The SMILES string of the molecule is CCCC[Te]c1ccc(/C(C)=N/O)cc1. The van der Waals surface area contributed by atoms with E-state index in [1.807, 2.05) is 19.1 Å². The molecular weight excluding hydrogens is 302 g/mol. The van der Waals surface area contributed by atoms with Gasteiger partial charge >= 0.3 is 102 Å². The van der Waals surface area contributed by atoms with E-state index in [4.69, 9.17) is 5.21 Å². The van der Waals surface area contributed by atoms with Gasteiger partial charge in [-0.25, -0.2) is 0 Å². The first kappa shape index (κ1) is 12.5. The summed E-state index contributed by atoms with van der Waals surface area (Å²) in [6, 6.07) is 8.42. The minimum atomic E-state index is 0.00607. The molecule has 82 valence electrons. The molecule has 0 unspecified atom stereocenters. The molecule has 0 aliphatic heterocycles. The summed E-state index contributed by atoms with van der Waals surface area (Å²) < 4.78 is 2.87. The van der Waals surface area contributed by atoms with E-state index in [9.17, 15) is 0 Å². The first-order chi connectivity index (χ1) is 7.27. The van der Waals surface area contributed by atoms with Crippen LogP contribution in [-0.2, 0) is 0 Å². The van der Waals surface area contributed by atoms with Crippen molar-refractivity contribution in [2.45, 2.75) is 31.2 Å². The second-order valence-corrected chi connectivity index (χ2v) is 6.75. The molecule has 3 heteroatoms. The van der Waals surface area contributed by atoms with Crippen molar-refractivity contribution in [3.05, 3.63) is 29.8 Å². The fraction of sp³-hybridized carbons (Fsp3) is 0.417. The number of unbranched alkanes of at least 4 members (excludes halogenated alkanes) is 1. The third-order valence-corrected chi connectivity index (χ3v) is 5.32. The molecule has 1 rings (SSSR count). The molecule has 0 radical (unpaired) electrons. The van der Waals surface area contributed by atoms with Crippen LogP contribution in [-0.4, -0.2) is 31.8 Å². The van der Waals surface area contributed by atoms with Gasteiger partial charge in [0.15, 0.2) is 0 Å². The van der Waals surface area contributed by atoms with Gasteiger partial charge < -0.3 is 0 Å². The maximum absolute atomic E-state index is 8.63. The van der Waals surface area contributed by atoms with Crippen LogP contribution in [0.2, 0.25) is 4.47 Å². The van der Waals surface area contributed by atoms with Crippen LogP contribution in [0.25, 0.3) is 0 Å². The molecule has 0 amide bonds. The number of nitrogens with zero attached hydrogens (tertiary/aromatic N) is 1. The van der Waals surface area contributed by atoms with Gasteiger partial charge in [0.2, 0.25) is 0 Å². The Morgan fingerprint density at radius 2 is 2.00 bits per heavy atom. The number of hydrogen-bond acceptors (Lipinski definition) is 2. The Kier molecular flexibility index (Phi) is 5.75. The van der Waals surface area contributed by atoms with Crippen molar-refractivity contribution in [1.82, 2.24) is 0 Å². The van der Waals surface area contributed by atoms with E-state index < -0.39 is 0 Å². The first-order valence-electron chi connectivity index (χ1n) is 5.19. The minimum absolute atomic E-state index is 0.00607. The van der Waals surface area contributed by atoms with Gasteiger partial charge in [-0.15, -0.1) is 0 Å². The quantitative estimate of drug-likeness (QED) is 0.292. The Morgan fingerprint density at radius 3 is 2.53 bits per heavy atom. The van der Waals surface area contributed by atoms with Gasteiger partial charge in [0, 0.05) is 0 Å². The summed E-state index contributed by atoms with van der Waals surface area (Å²) in [4.78, 5) is 0. The van der Waals surface area contributed by atoms with Crippen molar-refractivity contribution in [3.8, 4) is 0 Å². The van der Waals surface area contributed by atoms with Crippen LogP contribution in [0.4, 0.5) is 0 Å². The fourth-order valence-electron chi connectivity index (χ4n) is 1.18. The average molecular weight is 319 g/mol. The number of oxime groups is 1. The second kappa shape index (κ2) is 6.87. The van der Waals surface area contributed by atoms with Crippen LogP contribution >= 0.6 is 0 Å². The van der Waals surface area contributed by atoms with E-state index in [2.05, 4.69) is 24.2 Å². The molecule has 0 heterocycles. The summed E-state index contributed by atoms with van der Waals surface area (Å²) in [5.41, 5.74) is 1.68. The summed E-state index contributed by atoms with van der Waals surface area (Å²) in [7, 11) is 0. The van der Waals surface area contributed by atoms with E-state index >= 15 is 0 Å². The van der Waals surface area contributed by atoms with Crippen LogP contribution in [0.1, 0.15) is 32.3 Å². The van der Waals surface area contributed by atoms with Gasteiger partial charge in [0.05, 0.1) is 0 Å². The maximum atomic E-state index is 8.63. The van der Waals surface area contributed by atoms with E-state index in [0.717, 1.165) is 5.56 Å². The molecule has 1 aromatic rings. The van der Waals surface area contributed by atoms with Crippen molar-refractivity contribution < 1.29 is 5.21 Å². The molecule has 0 spiro atoms. The van der Waals surface area contributed by atoms with E-state index in [1.165, 1.54) is 20.9 Å². The van der Waals surface area contributed by atoms with Crippen molar-refractivity contribution >= 4 is 30.2 Å². The zero-order valence-electron chi connectivity index (χ0n) is 9.23. The number of hydrogen-bond donors (Lipinski definition) is 1. The van der Waals surface area contributed by atoms with Crippen molar-refractivity contribution in [2.75, 3.05) is 0 Å². The van der Waals surface area contributed by atoms with E-state index in [0.29, 0.717) is 5.71 Å². The molecule has 0 bridgehead atoms. The Balaban J connectivity index is 2.56. The fourth-order valence-corrected chi connectivity index (χ4v) is 4.03. The Morgan fingerprint density at radius 1 is 1.33 bits per heavy atom. The van der Waals surface area contributed by atoms with Gasteiger partial charge in [-0.2, -0.15) is 0 Å². The predicted octanol–water partition coefficient (Wildman–Crippen LogP) is 2.43. The molecule has 15 heavy (non-hydrogen) atoms. The van der Waals surface area contributed by atoms with E-state index in [1.54, 1.807) is 0 Å². The zero-order chi connectivity index (χ0) is 11.1. The summed E-state index contributed by atoms with van der Waals surface area (Å²) in [5, 5.41) is 11.8. The summed E-state index contributed by atoms with van der Waals surface area (Å²) >= 11 is 0.00607. The molecule has 0 saturated heterocycles. The monoisotopic (exact) mass is 321 g/mol. The normalized spacial score (nSPS) is 11.7. The molecule has 0 aromatic heterocycles.